The van der Waals surface area contributed by atoms with E-state index in [0.717, 1.165) is 0 Å². The van der Waals surface area contributed by atoms with E-state index in [1.807, 2.05) is 0 Å². The van der Waals surface area contributed by atoms with Gasteiger partial charge in [0.25, 0.3) is 6.43 Å². The molecule has 102 valence electrons. The quantitative estimate of drug-likeness (QED) is 0.894. The van der Waals surface area contributed by atoms with Crippen LogP contribution in [0.4, 0.5) is 14.6 Å². The largest absolute Gasteiger partial charge is 0.496 e. The Kier molecular flexibility index (Phi) is 3.55. The van der Waals surface area contributed by atoms with E-state index in [1.165, 1.54) is 32.5 Å². The van der Waals surface area contributed by atoms with Crippen molar-refractivity contribution in [1.82, 2.24) is 10.2 Å². The molecule has 1 aromatic heterocycles. The number of H-pyrrole nitrogens is 1. The van der Waals surface area contributed by atoms with Crippen LogP contribution in [0, 0.1) is 0 Å². The summed E-state index contributed by atoms with van der Waals surface area (Å²) in [6.45, 7) is 0. The Morgan fingerprint density at radius 3 is 2.32 bits per heavy atom. The van der Waals surface area contributed by atoms with E-state index in [4.69, 9.17) is 15.2 Å². The van der Waals surface area contributed by atoms with Crippen molar-refractivity contribution in [2.75, 3.05) is 20.0 Å². The molecule has 0 bridgehead atoms. The number of hydrogen-bond acceptors (Lipinski definition) is 4. The number of hydrogen-bond donors (Lipinski definition) is 2. The van der Waals surface area contributed by atoms with Gasteiger partial charge in [-0.05, 0) is 12.1 Å². The SMILES string of the molecule is COc1cc(C(F)F)c(OC)cc1-c1cn[nH]c1N. The number of alkyl halides is 2. The number of rotatable bonds is 4. The molecule has 0 radical (unpaired) electrons. The fourth-order valence-electron chi connectivity index (χ4n) is 1.81. The number of anilines is 1. The fourth-order valence-corrected chi connectivity index (χ4v) is 1.81. The van der Waals surface area contributed by atoms with Crippen LogP contribution in [0.5, 0.6) is 11.5 Å². The van der Waals surface area contributed by atoms with Crippen molar-refractivity contribution in [2.24, 2.45) is 0 Å². The zero-order valence-electron chi connectivity index (χ0n) is 10.4. The Morgan fingerprint density at radius 2 is 1.84 bits per heavy atom. The van der Waals surface area contributed by atoms with Crippen molar-refractivity contribution >= 4 is 5.82 Å². The van der Waals surface area contributed by atoms with Crippen LogP contribution >= 0.6 is 0 Å². The highest BCUT2D eigenvalue weighted by Gasteiger charge is 2.20. The average molecular weight is 269 g/mol. The van der Waals surface area contributed by atoms with Gasteiger partial charge in [-0.25, -0.2) is 8.78 Å². The predicted octanol–water partition coefficient (Wildman–Crippen LogP) is 2.61. The number of methoxy groups -OCH3 is 2. The number of ether oxygens (including phenoxy) is 2. The zero-order chi connectivity index (χ0) is 14.0. The van der Waals surface area contributed by atoms with Crippen LogP contribution in [0.15, 0.2) is 18.3 Å². The summed E-state index contributed by atoms with van der Waals surface area (Å²) in [5.41, 5.74) is 6.59. The smallest absolute Gasteiger partial charge is 0.267 e. The number of aromatic nitrogens is 2. The topological polar surface area (TPSA) is 73.2 Å². The third-order valence-corrected chi connectivity index (χ3v) is 2.75. The molecule has 0 fully saturated rings. The maximum Gasteiger partial charge on any atom is 0.267 e. The second kappa shape index (κ2) is 5.13. The van der Waals surface area contributed by atoms with Gasteiger partial charge in [0, 0.05) is 11.1 Å². The maximum atomic E-state index is 12.9. The van der Waals surface area contributed by atoms with Crippen molar-refractivity contribution in [3.05, 3.63) is 23.9 Å². The van der Waals surface area contributed by atoms with E-state index in [-0.39, 0.29) is 17.1 Å². The van der Waals surface area contributed by atoms with E-state index in [0.29, 0.717) is 16.9 Å². The molecule has 1 heterocycles. The molecule has 0 aliphatic rings. The minimum atomic E-state index is -2.65. The Labute approximate surface area is 108 Å². The summed E-state index contributed by atoms with van der Waals surface area (Å²) >= 11 is 0. The average Bonchev–Trinajstić information content (AvgIpc) is 2.83. The Hall–Kier alpha value is -2.31. The molecule has 5 nitrogen and oxygen atoms in total. The van der Waals surface area contributed by atoms with Gasteiger partial charge in [-0.3, -0.25) is 5.10 Å². The summed E-state index contributed by atoms with van der Waals surface area (Å²) < 4.78 is 35.9. The fraction of sp³-hybridized carbons (Fsp3) is 0.250. The highest BCUT2D eigenvalue weighted by molar-refractivity contribution is 5.79. The summed E-state index contributed by atoms with van der Waals surface area (Å²) in [6.07, 6.45) is -1.16. The molecule has 2 aromatic rings. The molecule has 2 rings (SSSR count). The molecular weight excluding hydrogens is 256 g/mol. The Morgan fingerprint density at radius 1 is 1.16 bits per heavy atom. The van der Waals surface area contributed by atoms with Gasteiger partial charge in [0.15, 0.2) is 0 Å². The first-order chi connectivity index (χ1) is 9.08. The van der Waals surface area contributed by atoms with Crippen molar-refractivity contribution in [2.45, 2.75) is 6.43 Å². The van der Waals surface area contributed by atoms with Crippen molar-refractivity contribution < 1.29 is 18.3 Å². The van der Waals surface area contributed by atoms with Gasteiger partial charge in [-0.1, -0.05) is 0 Å². The van der Waals surface area contributed by atoms with Gasteiger partial charge in [0.1, 0.15) is 17.3 Å². The number of nitrogens with zero attached hydrogens (tertiary/aromatic N) is 1. The van der Waals surface area contributed by atoms with Crippen LogP contribution in [0.3, 0.4) is 0 Å². The first kappa shape index (κ1) is 13.1. The number of nitrogens with one attached hydrogen (secondary N) is 1. The van der Waals surface area contributed by atoms with Crippen LogP contribution in [-0.2, 0) is 0 Å². The first-order valence-electron chi connectivity index (χ1n) is 5.41. The van der Waals surface area contributed by atoms with Crippen LogP contribution in [-0.4, -0.2) is 24.4 Å². The van der Waals surface area contributed by atoms with E-state index in [2.05, 4.69) is 10.2 Å². The molecule has 0 saturated carbocycles. The minimum Gasteiger partial charge on any atom is -0.496 e. The lowest BCUT2D eigenvalue weighted by atomic mass is 10.0. The summed E-state index contributed by atoms with van der Waals surface area (Å²) in [5, 5.41) is 6.37. The summed E-state index contributed by atoms with van der Waals surface area (Å²) in [4.78, 5) is 0. The first-order valence-corrected chi connectivity index (χ1v) is 5.41. The van der Waals surface area contributed by atoms with Gasteiger partial charge in [0.05, 0.1) is 26.0 Å². The number of halogens is 2. The van der Waals surface area contributed by atoms with Crippen molar-refractivity contribution in [3.63, 3.8) is 0 Å². The molecule has 0 amide bonds. The number of nitrogen functional groups attached to an aromatic ring is 1. The van der Waals surface area contributed by atoms with Gasteiger partial charge in [-0.15, -0.1) is 0 Å². The molecule has 0 aliphatic heterocycles. The van der Waals surface area contributed by atoms with E-state index in [1.54, 1.807) is 0 Å². The van der Waals surface area contributed by atoms with E-state index < -0.39 is 6.43 Å². The lowest BCUT2D eigenvalue weighted by Crippen LogP contribution is -1.97. The zero-order valence-corrected chi connectivity index (χ0v) is 10.4. The molecule has 0 unspecified atom stereocenters. The molecule has 3 N–H and O–H groups in total. The molecule has 19 heavy (non-hydrogen) atoms. The van der Waals surface area contributed by atoms with Crippen LogP contribution in [0.25, 0.3) is 11.1 Å². The maximum absolute atomic E-state index is 12.9. The van der Waals surface area contributed by atoms with Gasteiger partial charge >= 0.3 is 0 Å². The highest BCUT2D eigenvalue weighted by Crippen LogP contribution is 2.40. The predicted molar refractivity (Wildman–Crippen MR) is 66.5 cm³/mol. The second-order valence-corrected chi connectivity index (χ2v) is 3.79. The van der Waals surface area contributed by atoms with Crippen molar-refractivity contribution in [1.29, 1.82) is 0 Å². The van der Waals surface area contributed by atoms with Gasteiger partial charge < -0.3 is 15.2 Å². The third kappa shape index (κ3) is 2.31. The standard InChI is InChI=1S/C12H13F2N3O2/c1-18-9-4-7(11(13)14)10(19-2)3-6(9)8-5-16-17-12(8)15/h3-5,11H,1-2H3,(H3,15,16,17). The normalized spacial score (nSPS) is 10.8. The molecule has 0 atom stereocenters. The van der Waals surface area contributed by atoms with Gasteiger partial charge in [0.2, 0.25) is 0 Å². The molecular formula is C12H13F2N3O2. The highest BCUT2D eigenvalue weighted by atomic mass is 19.3. The summed E-state index contributed by atoms with van der Waals surface area (Å²) in [7, 11) is 2.73. The second-order valence-electron chi connectivity index (χ2n) is 3.79. The summed E-state index contributed by atoms with van der Waals surface area (Å²) in [6, 6.07) is 2.70. The Bertz CT molecular complexity index is 584. The summed E-state index contributed by atoms with van der Waals surface area (Å²) in [5.74, 6) is 0.681. The van der Waals surface area contributed by atoms with E-state index in [9.17, 15) is 8.78 Å². The minimum absolute atomic E-state index is 0.0754. The number of benzene rings is 1. The molecule has 0 spiro atoms. The monoisotopic (exact) mass is 269 g/mol. The molecule has 1 aromatic carbocycles. The lowest BCUT2D eigenvalue weighted by molar-refractivity contribution is 0.146. The van der Waals surface area contributed by atoms with Crippen LogP contribution in [0.1, 0.15) is 12.0 Å². The third-order valence-electron chi connectivity index (χ3n) is 2.75. The van der Waals surface area contributed by atoms with E-state index >= 15 is 0 Å². The number of aromatic amines is 1. The lowest BCUT2D eigenvalue weighted by Gasteiger charge is -2.14. The number of nitrogens with two attached hydrogens (primary N) is 1. The molecule has 0 aliphatic carbocycles. The Balaban J connectivity index is 2.64. The molecule has 7 heteroatoms. The molecule has 0 saturated heterocycles. The van der Waals surface area contributed by atoms with Gasteiger partial charge in [-0.2, -0.15) is 5.10 Å². The van der Waals surface area contributed by atoms with Crippen molar-refractivity contribution in [3.8, 4) is 22.6 Å². The van der Waals surface area contributed by atoms with Crippen LogP contribution in [0.2, 0.25) is 0 Å². The van der Waals surface area contributed by atoms with Crippen LogP contribution < -0.4 is 15.2 Å².